The molecule has 0 aromatic carbocycles. The van der Waals surface area contributed by atoms with Crippen LogP contribution in [0.15, 0.2) is 0 Å². The normalized spacial score (nSPS) is 12.9. The molecule has 0 radical (unpaired) electrons. The molecule has 0 aliphatic carbocycles. The van der Waals surface area contributed by atoms with E-state index < -0.39 is 17.6 Å². The minimum Gasteiger partial charge on any atom is -0.377 e. The predicted molar refractivity (Wildman–Crippen MR) is 78.8 cm³/mol. The fourth-order valence-electron chi connectivity index (χ4n) is 1.79. The van der Waals surface area contributed by atoms with Crippen molar-refractivity contribution >= 4 is 17.6 Å². The quantitative estimate of drug-likeness (QED) is 0.552. The third kappa shape index (κ3) is 6.00. The number of unbranched alkanes of at least 4 members (excludes halogenated alkanes) is 1. The molecule has 0 fully saturated rings. The van der Waals surface area contributed by atoms with Crippen LogP contribution in [0.3, 0.4) is 0 Å². The summed E-state index contributed by atoms with van der Waals surface area (Å²) in [6.07, 6.45) is 2.84. The van der Waals surface area contributed by atoms with Crippen LogP contribution < -0.4 is 5.73 Å². The number of hydrogen-bond acceptors (Lipinski definition) is 6. The van der Waals surface area contributed by atoms with Crippen LogP contribution in [0.1, 0.15) is 26.2 Å². The first kappa shape index (κ1) is 19.2. The van der Waals surface area contributed by atoms with Crippen molar-refractivity contribution in [1.29, 1.82) is 0 Å². The molecule has 6 nitrogen and oxygen atoms in total. The molecular formula is C11H29NO5Si2. The fraction of sp³-hybridized carbons (Fsp3) is 1.00. The second-order valence-corrected chi connectivity index (χ2v) is 10.5. The first-order valence-corrected chi connectivity index (χ1v) is 10.5. The second kappa shape index (κ2) is 10.00. The van der Waals surface area contributed by atoms with Gasteiger partial charge in [0.15, 0.2) is 0 Å². The van der Waals surface area contributed by atoms with Crippen molar-refractivity contribution in [3.05, 3.63) is 0 Å². The van der Waals surface area contributed by atoms with Gasteiger partial charge in [0.25, 0.3) is 0 Å². The smallest absolute Gasteiger partial charge is 0.377 e. The molecule has 19 heavy (non-hydrogen) atoms. The van der Waals surface area contributed by atoms with Crippen molar-refractivity contribution < 1.29 is 21.8 Å². The van der Waals surface area contributed by atoms with Crippen LogP contribution in [-0.2, 0) is 21.8 Å². The molecular weight excluding hydrogens is 282 g/mol. The molecule has 0 atom stereocenters. The molecule has 0 aromatic heterocycles. The van der Waals surface area contributed by atoms with E-state index in [1.165, 1.54) is 0 Å². The van der Waals surface area contributed by atoms with Crippen molar-refractivity contribution in [3.8, 4) is 0 Å². The largest absolute Gasteiger partial charge is 0.493 e. The van der Waals surface area contributed by atoms with Crippen molar-refractivity contribution in [2.24, 2.45) is 5.73 Å². The molecule has 0 aromatic rings. The van der Waals surface area contributed by atoms with E-state index in [1.807, 2.05) is 0 Å². The Balaban J connectivity index is 4.90. The lowest BCUT2D eigenvalue weighted by molar-refractivity contribution is 0.0860. The van der Waals surface area contributed by atoms with Crippen LogP contribution in [0.25, 0.3) is 0 Å². The summed E-state index contributed by atoms with van der Waals surface area (Å²) in [5.41, 5.74) is 5.56. The van der Waals surface area contributed by atoms with Crippen molar-refractivity contribution in [3.63, 3.8) is 0 Å². The van der Waals surface area contributed by atoms with Gasteiger partial charge in [0.1, 0.15) is 0 Å². The highest BCUT2D eigenvalue weighted by atomic mass is 28.5. The first-order chi connectivity index (χ1) is 9.07. The van der Waals surface area contributed by atoms with Crippen LogP contribution in [-0.4, -0.2) is 52.6 Å². The molecule has 2 N–H and O–H groups in total. The number of hydrogen-bond donors (Lipinski definition) is 1. The Hall–Kier alpha value is 0.194. The minimum absolute atomic E-state index is 0.578. The first-order valence-electron chi connectivity index (χ1n) is 6.68. The Morgan fingerprint density at radius 1 is 0.789 bits per heavy atom. The zero-order chi connectivity index (χ0) is 14.8. The third-order valence-electron chi connectivity index (χ3n) is 3.08. The minimum atomic E-state index is -2.76. The molecule has 0 amide bonds. The average molecular weight is 312 g/mol. The molecule has 0 spiro atoms. The maximum atomic E-state index is 6.16. The highest BCUT2D eigenvalue weighted by Crippen LogP contribution is 2.26. The van der Waals surface area contributed by atoms with Gasteiger partial charge in [-0.1, -0.05) is 13.3 Å². The van der Waals surface area contributed by atoms with Gasteiger partial charge in [-0.15, -0.1) is 0 Å². The zero-order valence-electron chi connectivity index (χ0n) is 12.9. The van der Waals surface area contributed by atoms with Gasteiger partial charge in [-0.3, -0.25) is 0 Å². The van der Waals surface area contributed by atoms with E-state index in [9.17, 15) is 0 Å². The van der Waals surface area contributed by atoms with E-state index in [-0.39, 0.29) is 0 Å². The van der Waals surface area contributed by atoms with Gasteiger partial charge >= 0.3 is 17.6 Å². The summed E-state index contributed by atoms with van der Waals surface area (Å²) < 4.78 is 28.4. The second-order valence-electron chi connectivity index (χ2n) is 4.28. The summed E-state index contributed by atoms with van der Waals surface area (Å²) in [5.74, 6) is 0. The third-order valence-corrected chi connectivity index (χ3v) is 9.99. The van der Waals surface area contributed by atoms with E-state index in [0.717, 1.165) is 25.3 Å². The van der Waals surface area contributed by atoms with Crippen LogP contribution in [0.2, 0.25) is 12.1 Å². The van der Waals surface area contributed by atoms with Crippen LogP contribution in [0.5, 0.6) is 0 Å². The van der Waals surface area contributed by atoms with Gasteiger partial charge in [0, 0.05) is 40.5 Å². The lowest BCUT2D eigenvalue weighted by atomic mass is 10.4. The maximum Gasteiger partial charge on any atom is 0.493 e. The molecule has 0 rings (SSSR count). The highest BCUT2D eigenvalue weighted by molar-refractivity contribution is 6.74. The summed E-state index contributed by atoms with van der Waals surface area (Å²) in [6.45, 7) is 2.70. The summed E-state index contributed by atoms with van der Waals surface area (Å²) in [6, 6.07) is 1.44. The van der Waals surface area contributed by atoms with Gasteiger partial charge < -0.3 is 27.6 Å². The van der Waals surface area contributed by atoms with Crippen LogP contribution in [0.4, 0.5) is 0 Å². The van der Waals surface area contributed by atoms with E-state index in [2.05, 4.69) is 6.92 Å². The van der Waals surface area contributed by atoms with Crippen LogP contribution in [0, 0.1) is 0 Å². The zero-order valence-corrected chi connectivity index (χ0v) is 14.9. The molecule has 0 unspecified atom stereocenters. The van der Waals surface area contributed by atoms with E-state index in [4.69, 9.17) is 27.6 Å². The standard InChI is InChI=1S/C11H29NO5Si2/c1-6-7-10-18(13-2,14-3)17-19(15-4,16-5)11-8-9-12/h6-12H2,1-5H3. The fourth-order valence-corrected chi connectivity index (χ4v) is 8.41. The monoisotopic (exact) mass is 311 g/mol. The van der Waals surface area contributed by atoms with Gasteiger partial charge in [-0.2, -0.15) is 0 Å². The Morgan fingerprint density at radius 3 is 1.53 bits per heavy atom. The molecule has 8 heteroatoms. The summed E-state index contributed by atoms with van der Waals surface area (Å²) in [4.78, 5) is 0. The van der Waals surface area contributed by atoms with E-state index in [1.54, 1.807) is 28.4 Å². The molecule has 116 valence electrons. The lowest BCUT2D eigenvalue weighted by Gasteiger charge is -2.35. The van der Waals surface area contributed by atoms with E-state index in [0.29, 0.717) is 12.6 Å². The van der Waals surface area contributed by atoms with E-state index >= 15 is 0 Å². The van der Waals surface area contributed by atoms with Gasteiger partial charge in [-0.05, 0) is 19.4 Å². The molecule has 0 saturated carbocycles. The van der Waals surface area contributed by atoms with Crippen LogP contribution >= 0.6 is 0 Å². The Labute approximate surface area is 119 Å². The summed E-state index contributed by atoms with van der Waals surface area (Å²) in [7, 11) is 0.982. The highest BCUT2D eigenvalue weighted by Gasteiger charge is 2.51. The molecule has 0 heterocycles. The molecule has 0 aliphatic heterocycles. The molecule has 0 aliphatic rings. The van der Waals surface area contributed by atoms with Gasteiger partial charge in [-0.25, -0.2) is 0 Å². The van der Waals surface area contributed by atoms with Crippen molar-refractivity contribution in [1.82, 2.24) is 0 Å². The summed E-state index contributed by atoms with van der Waals surface area (Å²) in [5, 5.41) is 0. The SMILES string of the molecule is CCCC[Si](OC)(OC)O[Si](CCCN)(OC)OC. The Kier molecular flexibility index (Phi) is 10.1. The molecule has 0 saturated heterocycles. The average Bonchev–Trinajstić information content (AvgIpc) is 2.48. The number of nitrogens with two attached hydrogens (primary N) is 1. The lowest BCUT2D eigenvalue weighted by Crippen LogP contribution is -2.57. The molecule has 0 bridgehead atoms. The maximum absolute atomic E-state index is 6.16. The summed E-state index contributed by atoms with van der Waals surface area (Å²) >= 11 is 0. The Morgan fingerprint density at radius 2 is 1.21 bits per heavy atom. The van der Waals surface area contributed by atoms with Crippen molar-refractivity contribution in [2.75, 3.05) is 35.0 Å². The number of rotatable bonds is 12. The predicted octanol–water partition coefficient (Wildman–Crippen LogP) is 1.62. The van der Waals surface area contributed by atoms with Gasteiger partial charge in [0.05, 0.1) is 0 Å². The topological polar surface area (TPSA) is 72.2 Å². The Bertz CT molecular complexity index is 203. The van der Waals surface area contributed by atoms with Crippen molar-refractivity contribution in [2.45, 2.75) is 38.3 Å². The van der Waals surface area contributed by atoms with Gasteiger partial charge in [0.2, 0.25) is 0 Å².